The average molecular weight is 237 g/mol. The number of carbonyl (C=O) groups is 1. The number of Topliss-reactive ketones (excluding diaryl/α,β-unsaturated/α-hetero) is 1. The molecule has 2 aromatic carbocycles. The molecule has 0 saturated heterocycles. The van der Waals surface area contributed by atoms with Crippen molar-refractivity contribution in [3.63, 3.8) is 0 Å². The number of oxime groups is 1. The molecule has 3 nitrogen and oxygen atoms in total. The third-order valence-electron chi connectivity index (χ3n) is 3.26. The minimum atomic E-state index is -0.264. The van der Waals surface area contributed by atoms with Crippen LogP contribution in [0.4, 0.5) is 0 Å². The van der Waals surface area contributed by atoms with Crippen molar-refractivity contribution < 1.29 is 10.0 Å². The molecule has 88 valence electrons. The van der Waals surface area contributed by atoms with Gasteiger partial charge in [-0.05, 0) is 11.1 Å². The van der Waals surface area contributed by atoms with Crippen LogP contribution in [0.5, 0.6) is 0 Å². The minimum absolute atomic E-state index is 0.193. The van der Waals surface area contributed by atoms with Gasteiger partial charge in [-0.25, -0.2) is 0 Å². The summed E-state index contributed by atoms with van der Waals surface area (Å²) < 4.78 is 0. The van der Waals surface area contributed by atoms with E-state index >= 15 is 0 Å². The number of nitrogens with zero attached hydrogens (tertiary/aromatic N) is 1. The Labute approximate surface area is 104 Å². The fourth-order valence-corrected chi connectivity index (χ4v) is 2.46. The van der Waals surface area contributed by atoms with Gasteiger partial charge in [-0.15, -0.1) is 0 Å². The molecule has 1 aliphatic carbocycles. The van der Waals surface area contributed by atoms with E-state index in [1.165, 1.54) is 0 Å². The molecule has 2 aromatic rings. The van der Waals surface area contributed by atoms with E-state index in [1.807, 2.05) is 48.5 Å². The number of hydrogen-bond donors (Lipinski definition) is 1. The average Bonchev–Trinajstić information content (AvgIpc) is 2.73. The number of ketones is 1. The van der Waals surface area contributed by atoms with Crippen LogP contribution < -0.4 is 0 Å². The number of fused-ring (bicyclic) bond motifs is 1. The number of hydrogen-bond acceptors (Lipinski definition) is 3. The van der Waals surface area contributed by atoms with Crippen LogP contribution in [0.25, 0.3) is 0 Å². The number of benzene rings is 2. The second kappa shape index (κ2) is 4.11. The molecular formula is C15H11NO2. The zero-order valence-electron chi connectivity index (χ0n) is 9.58. The monoisotopic (exact) mass is 237 g/mol. The Balaban J connectivity index is 2.22. The SMILES string of the molecule is O=C1C(=NO)C(c2ccccc2)c2ccccc21. The molecule has 0 amide bonds. The van der Waals surface area contributed by atoms with E-state index in [2.05, 4.69) is 5.16 Å². The summed E-state index contributed by atoms with van der Waals surface area (Å²) >= 11 is 0. The molecule has 1 aliphatic rings. The van der Waals surface area contributed by atoms with Crippen molar-refractivity contribution in [3.05, 3.63) is 71.3 Å². The lowest BCUT2D eigenvalue weighted by molar-refractivity contribution is 0.106. The van der Waals surface area contributed by atoms with Crippen LogP contribution in [0.2, 0.25) is 0 Å². The fraction of sp³-hybridized carbons (Fsp3) is 0.0667. The highest BCUT2D eigenvalue weighted by atomic mass is 16.4. The van der Waals surface area contributed by atoms with E-state index in [9.17, 15) is 4.79 Å². The molecule has 1 unspecified atom stereocenters. The van der Waals surface area contributed by atoms with Gasteiger partial charge in [0.05, 0.1) is 5.92 Å². The largest absolute Gasteiger partial charge is 0.411 e. The predicted octanol–water partition coefficient (Wildman–Crippen LogP) is 2.85. The lowest BCUT2D eigenvalue weighted by Crippen LogP contribution is -2.14. The molecule has 0 aliphatic heterocycles. The summed E-state index contributed by atoms with van der Waals surface area (Å²) in [5.41, 5.74) is 2.69. The predicted molar refractivity (Wildman–Crippen MR) is 68.3 cm³/mol. The first-order valence-electron chi connectivity index (χ1n) is 5.73. The molecule has 0 saturated carbocycles. The van der Waals surface area contributed by atoms with Gasteiger partial charge < -0.3 is 5.21 Å². The van der Waals surface area contributed by atoms with Gasteiger partial charge in [-0.2, -0.15) is 0 Å². The van der Waals surface area contributed by atoms with Crippen LogP contribution in [0.15, 0.2) is 59.8 Å². The molecule has 0 heterocycles. The highest BCUT2D eigenvalue weighted by molar-refractivity contribution is 6.51. The first-order chi connectivity index (χ1) is 8.83. The molecule has 0 radical (unpaired) electrons. The summed E-state index contributed by atoms with van der Waals surface area (Å²) in [6.45, 7) is 0. The summed E-state index contributed by atoms with van der Waals surface area (Å²) in [5.74, 6) is -0.457. The van der Waals surface area contributed by atoms with Crippen molar-refractivity contribution >= 4 is 11.5 Å². The molecule has 18 heavy (non-hydrogen) atoms. The zero-order chi connectivity index (χ0) is 12.5. The Morgan fingerprint density at radius 3 is 2.33 bits per heavy atom. The Morgan fingerprint density at radius 1 is 0.944 bits per heavy atom. The van der Waals surface area contributed by atoms with Gasteiger partial charge in [0.25, 0.3) is 0 Å². The second-order valence-electron chi connectivity index (χ2n) is 4.25. The van der Waals surface area contributed by atoms with Crippen LogP contribution in [0, 0.1) is 0 Å². The maximum atomic E-state index is 12.1. The zero-order valence-corrected chi connectivity index (χ0v) is 9.58. The first kappa shape index (κ1) is 10.7. The third-order valence-corrected chi connectivity index (χ3v) is 3.26. The van der Waals surface area contributed by atoms with Gasteiger partial charge in [0.2, 0.25) is 5.78 Å². The van der Waals surface area contributed by atoms with Gasteiger partial charge in [0.1, 0.15) is 5.71 Å². The van der Waals surface area contributed by atoms with Gasteiger partial charge in [0, 0.05) is 5.56 Å². The van der Waals surface area contributed by atoms with E-state index < -0.39 is 0 Å². The lowest BCUT2D eigenvalue weighted by atomic mass is 9.92. The normalized spacial score (nSPS) is 20.1. The molecule has 3 heteroatoms. The molecule has 0 aromatic heterocycles. The topological polar surface area (TPSA) is 49.7 Å². The van der Waals surface area contributed by atoms with E-state index in [4.69, 9.17) is 5.21 Å². The molecule has 3 rings (SSSR count). The van der Waals surface area contributed by atoms with Crippen molar-refractivity contribution in [2.75, 3.05) is 0 Å². The Hall–Kier alpha value is -2.42. The molecule has 0 fully saturated rings. The smallest absolute Gasteiger partial charge is 0.211 e. The number of carbonyl (C=O) groups excluding carboxylic acids is 1. The van der Waals surface area contributed by atoms with E-state index in [1.54, 1.807) is 6.07 Å². The molecule has 1 N–H and O–H groups in total. The summed E-state index contributed by atoms with van der Waals surface area (Å²) in [6, 6.07) is 17.0. The van der Waals surface area contributed by atoms with E-state index in [0.717, 1.165) is 11.1 Å². The summed E-state index contributed by atoms with van der Waals surface area (Å²) in [7, 11) is 0. The Kier molecular flexibility index (Phi) is 2.45. The minimum Gasteiger partial charge on any atom is -0.411 e. The van der Waals surface area contributed by atoms with E-state index in [0.29, 0.717) is 5.56 Å². The quantitative estimate of drug-likeness (QED) is 0.612. The highest BCUT2D eigenvalue weighted by Crippen LogP contribution is 2.35. The standard InChI is InChI=1S/C15H11NO2/c17-15-12-9-5-4-8-11(12)13(14(15)16-18)10-6-2-1-3-7-10/h1-9,13,18H. The molecule has 0 bridgehead atoms. The second-order valence-corrected chi connectivity index (χ2v) is 4.25. The molecule has 1 atom stereocenters. The van der Waals surface area contributed by atoms with Crippen molar-refractivity contribution in [1.29, 1.82) is 0 Å². The fourth-order valence-electron chi connectivity index (χ4n) is 2.46. The van der Waals surface area contributed by atoms with Crippen LogP contribution in [0.3, 0.4) is 0 Å². The highest BCUT2D eigenvalue weighted by Gasteiger charge is 2.37. The Bertz CT molecular complexity index is 632. The molecule has 0 spiro atoms. The summed E-state index contributed by atoms with van der Waals surface area (Å²) in [5, 5.41) is 12.3. The van der Waals surface area contributed by atoms with E-state index in [-0.39, 0.29) is 17.4 Å². The maximum Gasteiger partial charge on any atom is 0.211 e. The van der Waals surface area contributed by atoms with Gasteiger partial charge in [-0.1, -0.05) is 59.8 Å². The lowest BCUT2D eigenvalue weighted by Gasteiger charge is -2.10. The Morgan fingerprint density at radius 2 is 1.61 bits per heavy atom. The summed E-state index contributed by atoms with van der Waals surface area (Å²) in [6.07, 6.45) is 0. The van der Waals surface area contributed by atoms with Gasteiger partial charge in [-0.3, -0.25) is 4.79 Å². The maximum absolute atomic E-state index is 12.1. The van der Waals surface area contributed by atoms with Gasteiger partial charge >= 0.3 is 0 Å². The van der Waals surface area contributed by atoms with Crippen molar-refractivity contribution in [2.45, 2.75) is 5.92 Å². The third kappa shape index (κ3) is 1.44. The van der Waals surface area contributed by atoms with Crippen LogP contribution in [-0.4, -0.2) is 16.7 Å². The van der Waals surface area contributed by atoms with Crippen LogP contribution in [-0.2, 0) is 0 Å². The van der Waals surface area contributed by atoms with Crippen molar-refractivity contribution in [3.8, 4) is 0 Å². The van der Waals surface area contributed by atoms with Crippen molar-refractivity contribution in [1.82, 2.24) is 0 Å². The van der Waals surface area contributed by atoms with Crippen LogP contribution >= 0.6 is 0 Å². The van der Waals surface area contributed by atoms with Gasteiger partial charge in [0.15, 0.2) is 0 Å². The first-order valence-corrected chi connectivity index (χ1v) is 5.73. The number of rotatable bonds is 1. The van der Waals surface area contributed by atoms with Crippen LogP contribution in [0.1, 0.15) is 27.4 Å². The van der Waals surface area contributed by atoms with Crippen molar-refractivity contribution in [2.24, 2.45) is 5.16 Å². The molecular weight excluding hydrogens is 226 g/mol. The summed E-state index contributed by atoms with van der Waals surface area (Å²) in [4.78, 5) is 12.1.